The Hall–Kier alpha value is -3.57. The van der Waals surface area contributed by atoms with Crippen molar-refractivity contribution in [3.8, 4) is 0 Å². The highest BCUT2D eigenvalue weighted by Gasteiger charge is 2.34. The molecular weight excluding hydrogens is 564 g/mol. The summed E-state index contributed by atoms with van der Waals surface area (Å²) in [6.45, 7) is 2.48. The third kappa shape index (κ3) is 7.69. The molecule has 226 valence electrons. The van der Waals surface area contributed by atoms with Gasteiger partial charge in [0.05, 0.1) is 29.8 Å². The number of benzene rings is 4. The predicted octanol–water partition coefficient (Wildman–Crippen LogP) is 5.58. The van der Waals surface area contributed by atoms with E-state index in [4.69, 9.17) is 9.47 Å². The smallest absolute Gasteiger partial charge is 0.261 e. The molecule has 43 heavy (non-hydrogen) atoms. The summed E-state index contributed by atoms with van der Waals surface area (Å²) >= 11 is 0. The van der Waals surface area contributed by atoms with Gasteiger partial charge in [-0.3, -0.25) is 9.62 Å². The van der Waals surface area contributed by atoms with Crippen LogP contribution in [0.3, 0.4) is 0 Å². The SMILES string of the molecule is C[C@H]([C@@H](O)c1ccccc1)N(C)C[C@H]1C[C@@H](c2ccc(CO)cc2)O[C@@H](c2cccc(NS(=O)(=O)c3ccccc3)c2)O1. The molecule has 0 bridgehead atoms. The lowest BCUT2D eigenvalue weighted by atomic mass is 9.98. The van der Waals surface area contributed by atoms with Crippen molar-refractivity contribution in [3.05, 3.63) is 131 Å². The van der Waals surface area contributed by atoms with Crippen molar-refractivity contribution in [3.63, 3.8) is 0 Å². The molecule has 0 spiro atoms. The van der Waals surface area contributed by atoms with E-state index in [0.29, 0.717) is 24.2 Å². The van der Waals surface area contributed by atoms with Crippen molar-refractivity contribution in [2.75, 3.05) is 18.3 Å². The number of anilines is 1. The Labute approximate surface area is 253 Å². The molecule has 1 aliphatic rings. The molecule has 5 atom stereocenters. The molecule has 0 unspecified atom stereocenters. The van der Waals surface area contributed by atoms with E-state index in [0.717, 1.165) is 16.7 Å². The Balaban J connectivity index is 1.37. The molecule has 1 saturated heterocycles. The summed E-state index contributed by atoms with van der Waals surface area (Å²) in [4.78, 5) is 2.26. The zero-order valence-electron chi connectivity index (χ0n) is 24.3. The van der Waals surface area contributed by atoms with Crippen molar-refractivity contribution in [1.82, 2.24) is 4.90 Å². The van der Waals surface area contributed by atoms with E-state index in [-0.39, 0.29) is 29.8 Å². The summed E-state index contributed by atoms with van der Waals surface area (Å²) < 4.78 is 41.5. The Morgan fingerprint density at radius 3 is 2.23 bits per heavy atom. The fraction of sp³-hybridized carbons (Fsp3) is 0.294. The molecule has 0 amide bonds. The van der Waals surface area contributed by atoms with Gasteiger partial charge in [-0.2, -0.15) is 0 Å². The lowest BCUT2D eigenvalue weighted by Gasteiger charge is -2.39. The summed E-state index contributed by atoms with van der Waals surface area (Å²) in [5.41, 5.74) is 3.69. The van der Waals surface area contributed by atoms with E-state index < -0.39 is 22.4 Å². The van der Waals surface area contributed by atoms with E-state index in [1.807, 2.05) is 74.6 Å². The monoisotopic (exact) mass is 602 g/mol. The number of nitrogens with one attached hydrogen (secondary N) is 1. The van der Waals surface area contributed by atoms with E-state index in [2.05, 4.69) is 9.62 Å². The zero-order chi connectivity index (χ0) is 30.4. The molecule has 0 radical (unpaired) electrons. The minimum atomic E-state index is -3.77. The van der Waals surface area contributed by atoms with Crippen molar-refractivity contribution in [1.29, 1.82) is 0 Å². The maximum atomic E-state index is 13.0. The Bertz CT molecular complexity index is 1570. The molecule has 1 fully saturated rings. The molecule has 4 aromatic rings. The molecular formula is C34H38N2O6S. The van der Waals surface area contributed by atoms with Gasteiger partial charge in [0, 0.05) is 30.3 Å². The van der Waals surface area contributed by atoms with E-state index in [9.17, 15) is 18.6 Å². The summed E-state index contributed by atoms with van der Waals surface area (Å²) in [5, 5.41) is 20.5. The molecule has 3 N–H and O–H groups in total. The molecule has 8 nitrogen and oxygen atoms in total. The van der Waals surface area contributed by atoms with Crippen LogP contribution in [-0.2, 0) is 26.1 Å². The highest BCUT2D eigenvalue weighted by atomic mass is 32.2. The maximum Gasteiger partial charge on any atom is 0.261 e. The van der Waals surface area contributed by atoms with Crippen LogP contribution in [0.15, 0.2) is 114 Å². The minimum absolute atomic E-state index is 0.0434. The number of hydrogen-bond donors (Lipinski definition) is 3. The topological polar surface area (TPSA) is 108 Å². The summed E-state index contributed by atoms with van der Waals surface area (Å²) in [6.07, 6.45) is -1.40. The summed E-state index contributed by atoms with van der Waals surface area (Å²) in [7, 11) is -1.80. The number of rotatable bonds is 11. The van der Waals surface area contributed by atoms with Gasteiger partial charge < -0.3 is 19.7 Å². The van der Waals surface area contributed by atoms with Crippen LogP contribution >= 0.6 is 0 Å². The minimum Gasteiger partial charge on any atom is -0.392 e. The number of nitrogens with zero attached hydrogens (tertiary/aromatic N) is 1. The highest BCUT2D eigenvalue weighted by Crippen LogP contribution is 2.39. The van der Waals surface area contributed by atoms with Gasteiger partial charge in [0.2, 0.25) is 0 Å². The Morgan fingerprint density at radius 1 is 0.884 bits per heavy atom. The van der Waals surface area contributed by atoms with E-state index in [1.54, 1.807) is 48.5 Å². The molecule has 0 aliphatic carbocycles. The lowest BCUT2D eigenvalue weighted by Crippen LogP contribution is -2.43. The fourth-order valence-corrected chi connectivity index (χ4v) is 6.32. The Kier molecular flexibility index (Phi) is 9.92. The fourth-order valence-electron chi connectivity index (χ4n) is 5.25. The van der Waals surface area contributed by atoms with Crippen molar-refractivity contribution in [2.24, 2.45) is 0 Å². The van der Waals surface area contributed by atoms with Crippen LogP contribution < -0.4 is 4.72 Å². The van der Waals surface area contributed by atoms with Crippen molar-refractivity contribution < 1.29 is 28.1 Å². The average Bonchev–Trinajstić information content (AvgIpc) is 3.04. The van der Waals surface area contributed by atoms with Gasteiger partial charge in [-0.15, -0.1) is 0 Å². The van der Waals surface area contributed by atoms with Crippen LogP contribution in [0.5, 0.6) is 0 Å². The third-order valence-corrected chi connectivity index (χ3v) is 9.26. The molecule has 5 rings (SSSR count). The summed E-state index contributed by atoms with van der Waals surface area (Å²) in [6, 6.07) is 32.3. The second-order valence-corrected chi connectivity index (χ2v) is 12.6. The highest BCUT2D eigenvalue weighted by molar-refractivity contribution is 7.92. The van der Waals surface area contributed by atoms with Crippen LogP contribution in [0.1, 0.15) is 54.1 Å². The van der Waals surface area contributed by atoms with Gasteiger partial charge in [0.25, 0.3) is 10.0 Å². The van der Waals surface area contributed by atoms with Gasteiger partial charge >= 0.3 is 0 Å². The molecule has 1 aliphatic heterocycles. The largest absolute Gasteiger partial charge is 0.392 e. The maximum absolute atomic E-state index is 13.0. The van der Waals surface area contributed by atoms with Crippen LogP contribution in [0.2, 0.25) is 0 Å². The van der Waals surface area contributed by atoms with Crippen molar-refractivity contribution in [2.45, 2.75) is 55.5 Å². The number of aliphatic hydroxyl groups is 2. The molecule has 1 heterocycles. The normalized spacial score (nSPS) is 20.4. The lowest BCUT2D eigenvalue weighted by molar-refractivity contribution is -0.253. The van der Waals surface area contributed by atoms with Gasteiger partial charge in [-0.05, 0) is 54.9 Å². The summed E-state index contributed by atoms with van der Waals surface area (Å²) in [5.74, 6) is 0. The zero-order valence-corrected chi connectivity index (χ0v) is 25.1. The first-order chi connectivity index (χ1) is 20.7. The molecule has 0 saturated carbocycles. The van der Waals surface area contributed by atoms with E-state index in [1.165, 1.54) is 0 Å². The first-order valence-corrected chi connectivity index (χ1v) is 15.8. The second-order valence-electron chi connectivity index (χ2n) is 10.9. The number of hydrogen-bond acceptors (Lipinski definition) is 7. The first-order valence-electron chi connectivity index (χ1n) is 14.3. The Morgan fingerprint density at radius 2 is 1.56 bits per heavy atom. The number of sulfonamides is 1. The van der Waals surface area contributed by atoms with Gasteiger partial charge in [0.15, 0.2) is 6.29 Å². The second kappa shape index (κ2) is 13.8. The molecule has 0 aromatic heterocycles. The first kappa shape index (κ1) is 30.9. The van der Waals surface area contributed by atoms with Crippen LogP contribution in [0, 0.1) is 0 Å². The van der Waals surface area contributed by atoms with Crippen LogP contribution in [0.25, 0.3) is 0 Å². The van der Waals surface area contributed by atoms with Gasteiger partial charge in [0.1, 0.15) is 0 Å². The number of ether oxygens (including phenoxy) is 2. The van der Waals surface area contributed by atoms with Gasteiger partial charge in [-0.1, -0.05) is 84.9 Å². The van der Waals surface area contributed by atoms with Gasteiger partial charge in [-0.25, -0.2) is 8.42 Å². The standard InChI is InChI=1S/C34H38N2O6S/c1-24(33(38)27-10-5-3-6-11-27)36(2)22-30-21-32(26-18-16-25(23-37)17-19-26)42-34(41-30)28-12-9-13-29(20-28)35-43(39,40)31-14-7-4-8-15-31/h3-20,24,30,32-35,37-38H,21-23H2,1-2H3/t24-,30-,32+,33-,34+/m1/s1. The van der Waals surface area contributed by atoms with Crippen LogP contribution in [-0.4, -0.2) is 49.3 Å². The quantitative estimate of drug-likeness (QED) is 0.206. The average molecular weight is 603 g/mol. The third-order valence-electron chi connectivity index (χ3n) is 7.86. The number of aliphatic hydroxyl groups excluding tert-OH is 2. The van der Waals surface area contributed by atoms with E-state index >= 15 is 0 Å². The van der Waals surface area contributed by atoms with Crippen LogP contribution in [0.4, 0.5) is 5.69 Å². The molecule has 4 aromatic carbocycles. The van der Waals surface area contributed by atoms with Crippen molar-refractivity contribution >= 4 is 15.7 Å². The predicted molar refractivity (Wildman–Crippen MR) is 166 cm³/mol. The number of likely N-dealkylation sites (N-methyl/N-ethyl adjacent to an activating group) is 1. The molecule has 9 heteroatoms.